The molecule has 3 N–H and O–H groups in total. The van der Waals surface area contributed by atoms with Crippen LogP contribution >= 0.6 is 0 Å². The molecule has 0 spiro atoms. The average Bonchev–Trinajstić information content (AvgIpc) is 3.37. The van der Waals surface area contributed by atoms with Gasteiger partial charge in [-0.1, -0.05) is 117 Å². The van der Waals surface area contributed by atoms with Crippen LogP contribution in [-0.2, 0) is 12.0 Å². The summed E-state index contributed by atoms with van der Waals surface area (Å²) in [6, 6.07) is 29.8. The van der Waals surface area contributed by atoms with E-state index in [2.05, 4.69) is 83.8 Å². The quantitative estimate of drug-likeness (QED) is 0.325. The van der Waals surface area contributed by atoms with Gasteiger partial charge in [-0.25, -0.2) is 4.98 Å². The van der Waals surface area contributed by atoms with Gasteiger partial charge in [0.25, 0.3) is 0 Å². The lowest BCUT2D eigenvalue weighted by Crippen LogP contribution is -2.42. The molecule has 5 rings (SSSR count). The van der Waals surface area contributed by atoms with Crippen molar-refractivity contribution in [3.63, 3.8) is 0 Å². The summed E-state index contributed by atoms with van der Waals surface area (Å²) in [4.78, 5) is 8.43. The summed E-state index contributed by atoms with van der Waals surface area (Å²) in [5.74, 6) is 1.57. The summed E-state index contributed by atoms with van der Waals surface area (Å²) >= 11 is 0. The molecule has 0 bridgehead atoms. The number of nitrogens with one attached hydrogen (secondary N) is 1. The molecule has 1 fully saturated rings. The van der Waals surface area contributed by atoms with Crippen molar-refractivity contribution >= 4 is 0 Å². The number of hydrogen-bond donors (Lipinski definition) is 2. The molecule has 3 heteroatoms. The molecule has 1 aromatic heterocycles. The maximum absolute atomic E-state index is 7.18. The molecule has 1 heterocycles. The van der Waals surface area contributed by atoms with Crippen molar-refractivity contribution < 1.29 is 0 Å². The van der Waals surface area contributed by atoms with Crippen molar-refractivity contribution in [3.05, 3.63) is 103 Å². The van der Waals surface area contributed by atoms with Gasteiger partial charge in [0.15, 0.2) is 0 Å². The van der Waals surface area contributed by atoms with Crippen LogP contribution in [0, 0.1) is 5.92 Å². The van der Waals surface area contributed by atoms with Crippen LogP contribution in [0.3, 0.4) is 0 Å². The van der Waals surface area contributed by atoms with Crippen molar-refractivity contribution in [2.24, 2.45) is 11.7 Å². The monoisotopic (exact) mass is 435 g/mol. The van der Waals surface area contributed by atoms with Crippen molar-refractivity contribution in [2.45, 2.75) is 50.5 Å². The number of rotatable bonds is 7. The summed E-state index contributed by atoms with van der Waals surface area (Å²) < 4.78 is 0. The van der Waals surface area contributed by atoms with E-state index in [9.17, 15) is 0 Å². The van der Waals surface area contributed by atoms with Gasteiger partial charge in [0.2, 0.25) is 0 Å². The van der Waals surface area contributed by atoms with Gasteiger partial charge < -0.3 is 10.7 Å². The molecule has 1 saturated carbocycles. The normalized spacial score (nSPS) is 16.4. The summed E-state index contributed by atoms with van der Waals surface area (Å²) in [6.07, 6.45) is 10.3. The molecule has 0 aliphatic heterocycles. The number of nitrogens with two attached hydrogens (primary N) is 1. The molecule has 0 radical (unpaired) electrons. The molecule has 1 atom stereocenters. The molecule has 1 unspecified atom stereocenters. The van der Waals surface area contributed by atoms with E-state index >= 15 is 0 Å². The maximum Gasteiger partial charge on any atom is 0.127 e. The maximum atomic E-state index is 7.18. The molecule has 4 aromatic rings. The first-order valence-electron chi connectivity index (χ1n) is 12.2. The van der Waals surface area contributed by atoms with Crippen LogP contribution in [0.4, 0.5) is 0 Å². The van der Waals surface area contributed by atoms with Gasteiger partial charge in [0.1, 0.15) is 5.82 Å². The number of H-pyrrole nitrogens is 1. The number of hydrogen-bond acceptors (Lipinski definition) is 2. The van der Waals surface area contributed by atoms with Crippen molar-refractivity contribution in [3.8, 4) is 22.4 Å². The van der Waals surface area contributed by atoms with E-state index in [0.717, 1.165) is 29.9 Å². The Bertz CT molecular complexity index is 1140. The molecule has 3 nitrogen and oxygen atoms in total. The Hall–Kier alpha value is -3.17. The van der Waals surface area contributed by atoms with Crippen LogP contribution in [0.15, 0.2) is 91.1 Å². The number of nitrogens with zero attached hydrogens (tertiary/aromatic N) is 1. The zero-order valence-electron chi connectivity index (χ0n) is 19.2. The highest BCUT2D eigenvalue weighted by Gasteiger charge is 2.34. The van der Waals surface area contributed by atoms with E-state index < -0.39 is 5.54 Å². The molecular formula is C30H33N3. The Balaban J connectivity index is 1.41. The summed E-state index contributed by atoms with van der Waals surface area (Å²) in [5, 5.41) is 0. The van der Waals surface area contributed by atoms with E-state index in [-0.39, 0.29) is 0 Å². The standard InChI is InChI=1S/C30H33N3/c31-30(20-23-10-4-1-5-11-23,21-24-12-6-2-7-13-24)29-32-22-28(33-29)27-18-16-26(17-19-27)25-14-8-3-9-15-25/h1,3-5,8-11,14-19,22,24H,2,6-7,12-13,20-21,31H2,(H,32,33). The zero-order chi connectivity index (χ0) is 22.5. The fourth-order valence-corrected chi connectivity index (χ4v) is 5.31. The lowest BCUT2D eigenvalue weighted by atomic mass is 9.77. The fourth-order valence-electron chi connectivity index (χ4n) is 5.31. The van der Waals surface area contributed by atoms with Crippen molar-refractivity contribution in [1.29, 1.82) is 0 Å². The minimum atomic E-state index is -0.494. The van der Waals surface area contributed by atoms with E-state index in [0.29, 0.717) is 5.92 Å². The van der Waals surface area contributed by atoms with Crippen LogP contribution in [0.1, 0.15) is 49.9 Å². The van der Waals surface area contributed by atoms with E-state index in [1.54, 1.807) is 0 Å². The second-order valence-corrected chi connectivity index (χ2v) is 9.62. The van der Waals surface area contributed by atoms with Crippen LogP contribution in [0.2, 0.25) is 0 Å². The fraction of sp³-hybridized carbons (Fsp3) is 0.300. The third kappa shape index (κ3) is 5.09. The minimum absolute atomic E-state index is 0.494. The Labute approximate surface area is 197 Å². The molecule has 0 saturated heterocycles. The van der Waals surface area contributed by atoms with Gasteiger partial charge >= 0.3 is 0 Å². The molecule has 33 heavy (non-hydrogen) atoms. The summed E-state index contributed by atoms with van der Waals surface area (Å²) in [6.45, 7) is 0. The smallest absolute Gasteiger partial charge is 0.127 e. The summed E-state index contributed by atoms with van der Waals surface area (Å²) in [5.41, 5.74) is 12.6. The Kier molecular flexibility index (Phi) is 6.41. The van der Waals surface area contributed by atoms with Crippen LogP contribution < -0.4 is 5.73 Å². The van der Waals surface area contributed by atoms with Gasteiger partial charge in [-0.15, -0.1) is 0 Å². The van der Waals surface area contributed by atoms with Gasteiger partial charge in [-0.2, -0.15) is 0 Å². The van der Waals surface area contributed by atoms with E-state index in [1.807, 2.05) is 12.3 Å². The van der Waals surface area contributed by atoms with Crippen molar-refractivity contribution in [1.82, 2.24) is 9.97 Å². The topological polar surface area (TPSA) is 54.7 Å². The minimum Gasteiger partial charge on any atom is -0.340 e. The molecule has 1 aliphatic carbocycles. The van der Waals surface area contributed by atoms with E-state index in [1.165, 1.54) is 48.8 Å². The second kappa shape index (κ2) is 9.76. The molecule has 168 valence electrons. The molecule has 1 aliphatic rings. The number of aromatic nitrogens is 2. The first-order chi connectivity index (χ1) is 16.2. The van der Waals surface area contributed by atoms with Gasteiger partial charge in [-0.3, -0.25) is 0 Å². The van der Waals surface area contributed by atoms with Crippen LogP contribution in [0.25, 0.3) is 22.4 Å². The van der Waals surface area contributed by atoms with Crippen LogP contribution in [0.5, 0.6) is 0 Å². The molecule has 0 amide bonds. The third-order valence-electron chi connectivity index (χ3n) is 7.09. The van der Waals surface area contributed by atoms with E-state index in [4.69, 9.17) is 10.7 Å². The Morgan fingerprint density at radius 3 is 2.06 bits per heavy atom. The molecular weight excluding hydrogens is 402 g/mol. The highest BCUT2D eigenvalue weighted by Crippen LogP contribution is 2.36. The highest BCUT2D eigenvalue weighted by molar-refractivity contribution is 5.68. The lowest BCUT2D eigenvalue weighted by molar-refractivity contribution is 0.250. The second-order valence-electron chi connectivity index (χ2n) is 9.62. The number of imidazole rings is 1. The van der Waals surface area contributed by atoms with Crippen LogP contribution in [-0.4, -0.2) is 9.97 Å². The average molecular weight is 436 g/mol. The largest absolute Gasteiger partial charge is 0.340 e. The van der Waals surface area contributed by atoms with Gasteiger partial charge in [-0.05, 0) is 41.0 Å². The zero-order valence-corrected chi connectivity index (χ0v) is 19.2. The predicted octanol–water partition coefficient (Wildman–Crippen LogP) is 7.11. The Morgan fingerprint density at radius 1 is 0.758 bits per heavy atom. The number of aromatic amines is 1. The molecule has 3 aromatic carbocycles. The van der Waals surface area contributed by atoms with Gasteiger partial charge in [0, 0.05) is 0 Å². The predicted molar refractivity (Wildman–Crippen MR) is 137 cm³/mol. The number of benzene rings is 3. The highest BCUT2D eigenvalue weighted by atomic mass is 15.0. The van der Waals surface area contributed by atoms with Gasteiger partial charge in [0.05, 0.1) is 17.4 Å². The van der Waals surface area contributed by atoms with Crippen molar-refractivity contribution in [2.75, 3.05) is 0 Å². The summed E-state index contributed by atoms with van der Waals surface area (Å²) in [7, 11) is 0. The SMILES string of the molecule is NC(Cc1ccccc1)(CC1CCCCC1)c1ncc(-c2ccc(-c3ccccc3)cc2)[nH]1. The first-order valence-corrected chi connectivity index (χ1v) is 12.2. The Morgan fingerprint density at radius 2 is 1.36 bits per heavy atom. The third-order valence-corrected chi connectivity index (χ3v) is 7.09. The lowest BCUT2D eigenvalue weighted by Gasteiger charge is -2.33. The first kappa shape index (κ1) is 21.7.